The number of methoxy groups -OCH3 is 1. The molecule has 7 nitrogen and oxygen atoms in total. The topological polar surface area (TPSA) is 67.4 Å². The van der Waals surface area contributed by atoms with Crippen LogP contribution in [0.2, 0.25) is 0 Å². The summed E-state index contributed by atoms with van der Waals surface area (Å²) in [6.07, 6.45) is 4.53. The highest BCUT2D eigenvalue weighted by molar-refractivity contribution is 14.0. The molecule has 0 bridgehead atoms. The molecule has 1 aromatic rings. The lowest BCUT2D eigenvalue weighted by Gasteiger charge is -2.33. The average molecular weight is 577 g/mol. The number of hydrogen-bond acceptors (Lipinski definition) is 5. The first-order valence-electron chi connectivity index (χ1n) is 12.2. The number of nitrogens with zero attached hydrogens (tertiary/aromatic N) is 2. The molecule has 2 N–H and O–H groups in total. The Kier molecular flexibility index (Phi) is 15.5. The molecule has 190 valence electrons. The summed E-state index contributed by atoms with van der Waals surface area (Å²) in [5, 5.41) is 7.03. The number of guanidine groups is 1. The summed E-state index contributed by atoms with van der Waals surface area (Å²) in [6.45, 7) is 14.6. The molecule has 8 heteroatoms. The quantitative estimate of drug-likeness (QED) is 0.160. The van der Waals surface area contributed by atoms with Crippen LogP contribution in [-0.4, -0.2) is 76.1 Å². The van der Waals surface area contributed by atoms with Gasteiger partial charge >= 0.3 is 0 Å². The Morgan fingerprint density at radius 1 is 1.18 bits per heavy atom. The second kappa shape index (κ2) is 17.2. The normalized spacial score (nSPS) is 15.3. The fourth-order valence-corrected chi connectivity index (χ4v) is 3.85. The molecule has 1 aromatic carbocycles. The number of halogens is 1. The van der Waals surface area contributed by atoms with Crippen LogP contribution in [0.5, 0.6) is 11.5 Å². The van der Waals surface area contributed by atoms with Crippen molar-refractivity contribution in [2.75, 3.05) is 53.0 Å². The molecule has 33 heavy (non-hydrogen) atoms. The van der Waals surface area contributed by atoms with E-state index in [-0.39, 0.29) is 24.0 Å². The van der Waals surface area contributed by atoms with Crippen LogP contribution >= 0.6 is 24.0 Å². The highest BCUT2D eigenvalue weighted by atomic mass is 127. The molecule has 2 rings (SSSR count). The van der Waals surface area contributed by atoms with Crippen LogP contribution in [0.15, 0.2) is 23.2 Å². The summed E-state index contributed by atoms with van der Waals surface area (Å²) >= 11 is 0. The first kappa shape index (κ1) is 29.8. The predicted molar refractivity (Wildman–Crippen MR) is 148 cm³/mol. The van der Waals surface area contributed by atoms with Crippen molar-refractivity contribution >= 4 is 29.9 Å². The SMILES string of the molecule is CCNC(=NCCCc1ccc(OC)c(OCC)c1)NC1CCN(CCOC(C)C)CC1.I. The van der Waals surface area contributed by atoms with Crippen LogP contribution in [0.4, 0.5) is 0 Å². The summed E-state index contributed by atoms with van der Waals surface area (Å²) in [5.41, 5.74) is 1.25. The van der Waals surface area contributed by atoms with Crippen molar-refractivity contribution in [1.82, 2.24) is 15.5 Å². The number of hydrogen-bond donors (Lipinski definition) is 2. The number of rotatable bonds is 13. The summed E-state index contributed by atoms with van der Waals surface area (Å²) in [4.78, 5) is 7.30. The monoisotopic (exact) mass is 576 g/mol. The predicted octanol–water partition coefficient (Wildman–Crippen LogP) is 4.09. The van der Waals surface area contributed by atoms with E-state index in [1.807, 2.05) is 13.0 Å². The number of piperidine rings is 1. The highest BCUT2D eigenvalue weighted by Crippen LogP contribution is 2.28. The molecular formula is C25H45IN4O3. The third kappa shape index (κ3) is 11.6. The zero-order valence-electron chi connectivity index (χ0n) is 21.2. The van der Waals surface area contributed by atoms with Gasteiger partial charge in [-0.05, 0) is 71.1 Å². The maximum atomic E-state index is 5.69. The van der Waals surface area contributed by atoms with Gasteiger partial charge in [0.05, 0.1) is 26.4 Å². The Morgan fingerprint density at radius 2 is 1.94 bits per heavy atom. The maximum absolute atomic E-state index is 5.69. The zero-order valence-corrected chi connectivity index (χ0v) is 23.5. The van der Waals surface area contributed by atoms with Gasteiger partial charge in [0.2, 0.25) is 0 Å². The smallest absolute Gasteiger partial charge is 0.191 e. The van der Waals surface area contributed by atoms with Gasteiger partial charge in [-0.3, -0.25) is 4.99 Å². The molecule has 0 atom stereocenters. The molecule has 0 saturated carbocycles. The minimum atomic E-state index is 0. The Balaban J connectivity index is 0.00000544. The van der Waals surface area contributed by atoms with E-state index >= 15 is 0 Å². The standard InChI is InChI=1S/C25H44N4O3.HI/c1-6-26-25(28-22-12-15-29(16-13-22)17-18-32-20(3)4)27-14-8-9-21-10-11-23(30-5)24(19-21)31-7-2;/h10-11,19-20,22H,6-9,12-18H2,1-5H3,(H2,26,27,28);1H. The van der Waals surface area contributed by atoms with Crippen LogP contribution in [0.3, 0.4) is 0 Å². The lowest BCUT2D eigenvalue weighted by Crippen LogP contribution is -2.49. The number of ether oxygens (including phenoxy) is 3. The Morgan fingerprint density at radius 3 is 2.58 bits per heavy atom. The molecule has 0 aromatic heterocycles. The van der Waals surface area contributed by atoms with Crippen LogP contribution in [0.1, 0.15) is 52.5 Å². The molecule has 1 aliphatic heterocycles. The van der Waals surface area contributed by atoms with Crippen molar-refractivity contribution in [3.8, 4) is 11.5 Å². The number of likely N-dealkylation sites (tertiary alicyclic amines) is 1. The van der Waals surface area contributed by atoms with E-state index in [2.05, 4.69) is 48.4 Å². The number of nitrogens with one attached hydrogen (secondary N) is 2. The Labute approximate surface area is 218 Å². The van der Waals surface area contributed by atoms with Gasteiger partial charge in [-0.25, -0.2) is 0 Å². The van der Waals surface area contributed by atoms with E-state index in [0.717, 1.165) is 82.5 Å². The maximum Gasteiger partial charge on any atom is 0.191 e. The van der Waals surface area contributed by atoms with E-state index in [1.54, 1.807) is 7.11 Å². The number of aliphatic imine (C=N–C) groups is 1. The van der Waals surface area contributed by atoms with Gasteiger partial charge in [-0.15, -0.1) is 24.0 Å². The number of benzene rings is 1. The van der Waals surface area contributed by atoms with Gasteiger partial charge in [0, 0.05) is 38.8 Å². The molecule has 0 amide bonds. The third-order valence-electron chi connectivity index (χ3n) is 5.55. The fraction of sp³-hybridized carbons (Fsp3) is 0.720. The van der Waals surface area contributed by atoms with Crippen molar-refractivity contribution in [1.29, 1.82) is 0 Å². The van der Waals surface area contributed by atoms with Gasteiger partial charge < -0.3 is 29.7 Å². The van der Waals surface area contributed by atoms with Crippen LogP contribution in [0, 0.1) is 0 Å². The van der Waals surface area contributed by atoms with E-state index in [4.69, 9.17) is 19.2 Å². The molecule has 1 saturated heterocycles. The Hall–Kier alpha value is -1.26. The fourth-order valence-electron chi connectivity index (χ4n) is 3.85. The van der Waals surface area contributed by atoms with Crippen molar-refractivity contribution < 1.29 is 14.2 Å². The highest BCUT2D eigenvalue weighted by Gasteiger charge is 2.19. The van der Waals surface area contributed by atoms with Crippen LogP contribution < -0.4 is 20.1 Å². The number of aryl methyl sites for hydroxylation is 1. The molecule has 1 heterocycles. The minimum Gasteiger partial charge on any atom is -0.493 e. The van der Waals surface area contributed by atoms with Gasteiger partial charge in [-0.2, -0.15) is 0 Å². The van der Waals surface area contributed by atoms with E-state index in [0.29, 0.717) is 18.8 Å². The zero-order chi connectivity index (χ0) is 23.2. The second-order valence-corrected chi connectivity index (χ2v) is 8.46. The van der Waals surface area contributed by atoms with Crippen molar-refractivity contribution in [2.24, 2.45) is 4.99 Å². The van der Waals surface area contributed by atoms with Crippen LogP contribution in [0.25, 0.3) is 0 Å². The molecular weight excluding hydrogens is 531 g/mol. The first-order valence-corrected chi connectivity index (χ1v) is 12.2. The van der Waals surface area contributed by atoms with Crippen molar-refractivity contribution in [2.45, 2.75) is 65.5 Å². The second-order valence-electron chi connectivity index (χ2n) is 8.46. The molecule has 0 radical (unpaired) electrons. The van der Waals surface area contributed by atoms with Gasteiger partial charge in [-0.1, -0.05) is 6.07 Å². The summed E-state index contributed by atoms with van der Waals surface area (Å²) in [7, 11) is 1.67. The molecule has 0 aliphatic carbocycles. The first-order chi connectivity index (χ1) is 15.5. The van der Waals surface area contributed by atoms with E-state index in [1.165, 1.54) is 5.56 Å². The molecule has 1 aliphatic rings. The summed E-state index contributed by atoms with van der Waals surface area (Å²) in [5.74, 6) is 2.53. The van der Waals surface area contributed by atoms with E-state index in [9.17, 15) is 0 Å². The third-order valence-corrected chi connectivity index (χ3v) is 5.55. The van der Waals surface area contributed by atoms with Gasteiger partial charge in [0.1, 0.15) is 0 Å². The van der Waals surface area contributed by atoms with Gasteiger partial charge in [0.25, 0.3) is 0 Å². The summed E-state index contributed by atoms with van der Waals surface area (Å²) in [6, 6.07) is 6.64. The molecule has 0 unspecified atom stereocenters. The largest absolute Gasteiger partial charge is 0.493 e. The minimum absolute atomic E-state index is 0. The molecule has 0 spiro atoms. The average Bonchev–Trinajstić information content (AvgIpc) is 2.78. The van der Waals surface area contributed by atoms with Crippen molar-refractivity contribution in [3.63, 3.8) is 0 Å². The van der Waals surface area contributed by atoms with Crippen molar-refractivity contribution in [3.05, 3.63) is 23.8 Å². The lowest BCUT2D eigenvalue weighted by atomic mass is 10.1. The van der Waals surface area contributed by atoms with Crippen LogP contribution in [-0.2, 0) is 11.2 Å². The van der Waals surface area contributed by atoms with E-state index < -0.39 is 0 Å². The van der Waals surface area contributed by atoms with Gasteiger partial charge in [0.15, 0.2) is 17.5 Å². The Bertz CT molecular complexity index is 680. The molecule has 1 fully saturated rings. The summed E-state index contributed by atoms with van der Waals surface area (Å²) < 4.78 is 16.7. The lowest BCUT2D eigenvalue weighted by molar-refractivity contribution is 0.0532.